The number of hydrogen-bond donors (Lipinski definition) is 1. The molecule has 1 aliphatic rings. The summed E-state index contributed by atoms with van der Waals surface area (Å²) in [5, 5.41) is 5.28. The smallest absolute Gasteiger partial charge is 0.167 e. The fraction of sp³-hybridized carbons (Fsp3) is 0.769. The van der Waals surface area contributed by atoms with Gasteiger partial charge in [-0.2, -0.15) is 0 Å². The molecular weight excluding hydrogens is 230 g/mol. The maximum atomic E-state index is 4.43. The molecule has 1 heterocycles. The maximum Gasteiger partial charge on any atom is 0.167 e. The quantitative estimate of drug-likeness (QED) is 0.894. The molecule has 0 bridgehead atoms. The normalized spacial score (nSPS) is 29.5. The number of nitrogens with zero attached hydrogens (tertiary/aromatic N) is 2. The largest absolute Gasteiger partial charge is 0.329 e. The van der Waals surface area contributed by atoms with Crippen molar-refractivity contribution in [3.8, 4) is 0 Å². The number of thioether (sulfide) groups is 1. The van der Waals surface area contributed by atoms with Gasteiger partial charge in [-0.05, 0) is 32.2 Å². The molecule has 1 aromatic rings. The van der Waals surface area contributed by atoms with Crippen LogP contribution in [0.15, 0.2) is 17.6 Å². The molecule has 1 aliphatic carbocycles. The van der Waals surface area contributed by atoms with Crippen LogP contribution in [0.4, 0.5) is 0 Å². The second-order valence-electron chi connectivity index (χ2n) is 4.96. The average Bonchev–Trinajstić information content (AvgIpc) is 2.75. The van der Waals surface area contributed by atoms with Crippen molar-refractivity contribution >= 4 is 11.8 Å². The topological polar surface area (TPSA) is 29.9 Å². The van der Waals surface area contributed by atoms with E-state index >= 15 is 0 Å². The van der Waals surface area contributed by atoms with Crippen LogP contribution in [0.25, 0.3) is 0 Å². The lowest BCUT2D eigenvalue weighted by Crippen LogP contribution is -2.40. The Hall–Kier alpha value is -0.480. The number of rotatable bonds is 4. The number of imidazole rings is 1. The summed E-state index contributed by atoms with van der Waals surface area (Å²) in [4.78, 5) is 4.43. The van der Waals surface area contributed by atoms with E-state index in [1.165, 1.54) is 25.7 Å². The highest BCUT2D eigenvalue weighted by Crippen LogP contribution is 2.36. The predicted molar refractivity (Wildman–Crippen MR) is 73.3 cm³/mol. The lowest BCUT2D eigenvalue weighted by atomic mass is 9.84. The van der Waals surface area contributed by atoms with Gasteiger partial charge in [0.05, 0.1) is 0 Å². The van der Waals surface area contributed by atoms with Crippen LogP contribution in [0.2, 0.25) is 0 Å². The van der Waals surface area contributed by atoms with Crippen LogP contribution in [0, 0.1) is 5.92 Å². The van der Waals surface area contributed by atoms with Crippen molar-refractivity contribution in [2.45, 2.75) is 49.1 Å². The molecule has 1 fully saturated rings. The average molecular weight is 253 g/mol. The van der Waals surface area contributed by atoms with Gasteiger partial charge in [-0.25, -0.2) is 4.98 Å². The molecule has 2 rings (SSSR count). The number of aromatic nitrogens is 2. The number of aryl methyl sites for hydroxylation is 1. The van der Waals surface area contributed by atoms with E-state index in [1.807, 2.05) is 24.2 Å². The zero-order valence-electron chi connectivity index (χ0n) is 11.0. The molecule has 0 amide bonds. The Balaban J connectivity index is 2.03. The van der Waals surface area contributed by atoms with Crippen molar-refractivity contribution < 1.29 is 0 Å². The van der Waals surface area contributed by atoms with Crippen LogP contribution in [0.3, 0.4) is 0 Å². The van der Waals surface area contributed by atoms with E-state index in [0.29, 0.717) is 11.3 Å². The Morgan fingerprint density at radius 1 is 1.53 bits per heavy atom. The first-order chi connectivity index (χ1) is 8.24. The van der Waals surface area contributed by atoms with E-state index in [2.05, 4.69) is 35.9 Å². The Morgan fingerprint density at radius 3 is 2.94 bits per heavy atom. The molecule has 3 unspecified atom stereocenters. The predicted octanol–water partition coefficient (Wildman–Crippen LogP) is 2.68. The molecule has 0 radical (unpaired) electrons. The van der Waals surface area contributed by atoms with Gasteiger partial charge in [0.25, 0.3) is 0 Å². The lowest BCUT2D eigenvalue weighted by molar-refractivity contribution is 0.304. The monoisotopic (exact) mass is 253 g/mol. The highest BCUT2D eigenvalue weighted by Gasteiger charge is 2.30. The van der Waals surface area contributed by atoms with Gasteiger partial charge in [-0.1, -0.05) is 25.1 Å². The van der Waals surface area contributed by atoms with Gasteiger partial charge in [0, 0.05) is 30.7 Å². The summed E-state index contributed by atoms with van der Waals surface area (Å²) in [5.41, 5.74) is 0. The second kappa shape index (κ2) is 5.91. The number of nitrogens with one attached hydrogen (secondary N) is 1. The van der Waals surface area contributed by atoms with Crippen molar-refractivity contribution in [2.75, 3.05) is 7.05 Å². The summed E-state index contributed by atoms with van der Waals surface area (Å²) in [7, 11) is 4.16. The van der Waals surface area contributed by atoms with Gasteiger partial charge in [-0.15, -0.1) is 0 Å². The van der Waals surface area contributed by atoms with Crippen LogP contribution in [0.1, 0.15) is 32.6 Å². The highest BCUT2D eigenvalue weighted by molar-refractivity contribution is 7.99. The zero-order valence-corrected chi connectivity index (χ0v) is 11.8. The Bertz CT molecular complexity index is 350. The van der Waals surface area contributed by atoms with E-state index in [-0.39, 0.29) is 0 Å². The second-order valence-corrected chi connectivity index (χ2v) is 6.17. The minimum Gasteiger partial charge on any atom is -0.329 e. The molecule has 17 heavy (non-hydrogen) atoms. The van der Waals surface area contributed by atoms with Crippen molar-refractivity contribution in [2.24, 2.45) is 13.0 Å². The van der Waals surface area contributed by atoms with Gasteiger partial charge < -0.3 is 9.88 Å². The van der Waals surface area contributed by atoms with E-state index in [9.17, 15) is 0 Å². The van der Waals surface area contributed by atoms with Crippen molar-refractivity contribution in [3.63, 3.8) is 0 Å². The van der Waals surface area contributed by atoms with E-state index in [1.54, 1.807) is 0 Å². The van der Waals surface area contributed by atoms with Crippen molar-refractivity contribution in [1.82, 2.24) is 14.9 Å². The van der Waals surface area contributed by atoms with Crippen LogP contribution in [-0.4, -0.2) is 27.9 Å². The highest BCUT2D eigenvalue weighted by atomic mass is 32.2. The van der Waals surface area contributed by atoms with Crippen LogP contribution in [-0.2, 0) is 7.05 Å². The molecule has 0 spiro atoms. The summed E-state index contributed by atoms with van der Waals surface area (Å²) in [6, 6.07) is 0.638. The van der Waals surface area contributed by atoms with Crippen LogP contribution in [0.5, 0.6) is 0 Å². The number of hydrogen-bond acceptors (Lipinski definition) is 3. The third-order valence-corrected chi connectivity index (χ3v) is 5.31. The SMILES string of the molecule is CCC1CCC(NC)C(Sc2nccn2C)C1. The van der Waals surface area contributed by atoms with E-state index in [4.69, 9.17) is 0 Å². The molecule has 1 N–H and O–H groups in total. The lowest BCUT2D eigenvalue weighted by Gasteiger charge is -2.35. The molecule has 1 aromatic heterocycles. The zero-order chi connectivity index (χ0) is 12.3. The van der Waals surface area contributed by atoms with Crippen molar-refractivity contribution in [3.05, 3.63) is 12.4 Å². The van der Waals surface area contributed by atoms with Gasteiger partial charge in [0.15, 0.2) is 5.16 Å². The Kier molecular flexibility index (Phi) is 4.51. The summed E-state index contributed by atoms with van der Waals surface area (Å²) >= 11 is 1.94. The molecule has 0 aromatic carbocycles. The molecule has 4 heteroatoms. The fourth-order valence-electron chi connectivity index (χ4n) is 2.64. The van der Waals surface area contributed by atoms with Gasteiger partial charge >= 0.3 is 0 Å². The molecule has 3 atom stereocenters. The minimum atomic E-state index is 0.638. The summed E-state index contributed by atoms with van der Waals surface area (Å²) in [6.45, 7) is 2.31. The standard InChI is InChI=1S/C13H23N3S/c1-4-10-5-6-11(14-2)12(9-10)17-13-15-7-8-16(13)3/h7-8,10-12,14H,4-6,9H2,1-3H3. The fourth-order valence-corrected chi connectivity index (χ4v) is 4.07. The van der Waals surface area contributed by atoms with Crippen molar-refractivity contribution in [1.29, 1.82) is 0 Å². The van der Waals surface area contributed by atoms with Crippen LogP contribution >= 0.6 is 11.8 Å². The minimum absolute atomic E-state index is 0.638. The molecule has 1 saturated carbocycles. The molecule has 96 valence electrons. The van der Waals surface area contributed by atoms with Gasteiger partial charge in [0.1, 0.15) is 0 Å². The third kappa shape index (κ3) is 3.05. The van der Waals surface area contributed by atoms with E-state index < -0.39 is 0 Å². The maximum absolute atomic E-state index is 4.43. The van der Waals surface area contributed by atoms with Gasteiger partial charge in [0.2, 0.25) is 0 Å². The Labute approximate surface area is 108 Å². The summed E-state index contributed by atoms with van der Waals surface area (Å²) < 4.78 is 2.12. The first-order valence-corrected chi connectivity index (χ1v) is 7.43. The van der Waals surface area contributed by atoms with Crippen LogP contribution < -0.4 is 5.32 Å². The molecule has 0 saturated heterocycles. The molecular formula is C13H23N3S. The summed E-state index contributed by atoms with van der Waals surface area (Å²) in [6.07, 6.45) is 9.22. The first kappa shape index (κ1) is 13.0. The third-order valence-electron chi connectivity index (χ3n) is 3.88. The van der Waals surface area contributed by atoms with Gasteiger partial charge in [-0.3, -0.25) is 0 Å². The summed E-state index contributed by atoms with van der Waals surface area (Å²) in [5.74, 6) is 0.900. The molecule has 0 aliphatic heterocycles. The Morgan fingerprint density at radius 2 is 2.35 bits per heavy atom. The van der Waals surface area contributed by atoms with E-state index in [0.717, 1.165) is 11.1 Å². The first-order valence-electron chi connectivity index (χ1n) is 6.55. The molecule has 3 nitrogen and oxygen atoms in total.